The summed E-state index contributed by atoms with van der Waals surface area (Å²) >= 11 is 0. The average Bonchev–Trinajstić information content (AvgIpc) is 3.21. The van der Waals surface area contributed by atoms with E-state index in [1.54, 1.807) is 0 Å². The van der Waals surface area contributed by atoms with E-state index in [-0.39, 0.29) is 17.0 Å². The SMILES string of the molecule is CCOC(=O)/C=C1\CC[C@H]2[C@@H]3CC[C@@H]4C5C[C@@]5(O)CC[C@@H]4[C@H]3CC[C@]12C. The molecule has 5 aliphatic carbocycles. The number of hydrogen-bond donors (Lipinski definition) is 1. The molecule has 144 valence electrons. The largest absolute Gasteiger partial charge is 0.463 e. The number of aliphatic hydroxyl groups is 1. The Hall–Kier alpha value is -0.830. The standard InChI is InChI=1S/C23H34O3/c1-3-26-21(24)12-14-4-7-19-17-5-6-18-16(9-11-23(25)13-20(18)23)15(17)8-10-22(14,19)2/h12,15-20,25H,3-11,13H2,1-2H3/b14-12+/t15-,16-,17-,18+,19+,20?,22-,23+/m1/s1. The Labute approximate surface area is 157 Å². The lowest BCUT2D eigenvalue weighted by molar-refractivity contribution is -0.137. The van der Waals surface area contributed by atoms with Gasteiger partial charge in [-0.2, -0.15) is 0 Å². The topological polar surface area (TPSA) is 46.5 Å². The quantitative estimate of drug-likeness (QED) is 0.584. The number of esters is 1. The summed E-state index contributed by atoms with van der Waals surface area (Å²) in [5.74, 6) is 4.61. The predicted molar refractivity (Wildman–Crippen MR) is 100 cm³/mol. The van der Waals surface area contributed by atoms with Crippen molar-refractivity contribution in [3.8, 4) is 0 Å². The van der Waals surface area contributed by atoms with Gasteiger partial charge in [0, 0.05) is 6.08 Å². The molecule has 0 saturated heterocycles. The van der Waals surface area contributed by atoms with E-state index in [0.717, 1.165) is 48.9 Å². The summed E-state index contributed by atoms with van der Waals surface area (Å²) in [5, 5.41) is 10.6. The molecule has 0 heterocycles. The van der Waals surface area contributed by atoms with E-state index in [1.165, 1.54) is 44.1 Å². The van der Waals surface area contributed by atoms with Gasteiger partial charge in [0.1, 0.15) is 0 Å². The van der Waals surface area contributed by atoms with Crippen LogP contribution in [0.15, 0.2) is 11.6 Å². The first kappa shape index (κ1) is 17.3. The molecule has 5 aliphatic rings. The van der Waals surface area contributed by atoms with E-state index in [1.807, 2.05) is 13.0 Å². The lowest BCUT2D eigenvalue weighted by Gasteiger charge is -2.55. The Bertz CT molecular complexity index is 639. The molecule has 5 fully saturated rings. The van der Waals surface area contributed by atoms with Gasteiger partial charge in [-0.05, 0) is 106 Å². The summed E-state index contributed by atoms with van der Waals surface area (Å²) in [7, 11) is 0. The molecular weight excluding hydrogens is 324 g/mol. The highest BCUT2D eigenvalue weighted by Crippen LogP contribution is 2.68. The van der Waals surface area contributed by atoms with Crippen LogP contribution in [-0.4, -0.2) is 23.3 Å². The highest BCUT2D eigenvalue weighted by molar-refractivity contribution is 5.83. The second-order valence-corrected chi connectivity index (χ2v) is 10.2. The number of rotatable bonds is 2. The molecule has 5 saturated carbocycles. The minimum Gasteiger partial charge on any atom is -0.463 e. The van der Waals surface area contributed by atoms with Crippen LogP contribution in [0.5, 0.6) is 0 Å². The van der Waals surface area contributed by atoms with Crippen molar-refractivity contribution in [3.05, 3.63) is 11.6 Å². The Morgan fingerprint density at radius 2 is 1.77 bits per heavy atom. The van der Waals surface area contributed by atoms with Crippen molar-refractivity contribution in [1.29, 1.82) is 0 Å². The maximum absolute atomic E-state index is 12.0. The molecule has 0 amide bonds. The van der Waals surface area contributed by atoms with Crippen LogP contribution in [0.25, 0.3) is 0 Å². The Morgan fingerprint density at radius 1 is 1.08 bits per heavy atom. The second kappa shape index (κ2) is 5.83. The fourth-order valence-corrected chi connectivity index (χ4v) is 8.09. The smallest absolute Gasteiger partial charge is 0.330 e. The van der Waals surface area contributed by atoms with Crippen molar-refractivity contribution < 1.29 is 14.6 Å². The minimum absolute atomic E-state index is 0.143. The van der Waals surface area contributed by atoms with Gasteiger partial charge in [-0.15, -0.1) is 0 Å². The maximum Gasteiger partial charge on any atom is 0.330 e. The van der Waals surface area contributed by atoms with Crippen molar-refractivity contribution in [1.82, 2.24) is 0 Å². The van der Waals surface area contributed by atoms with E-state index >= 15 is 0 Å². The van der Waals surface area contributed by atoms with Gasteiger partial charge >= 0.3 is 5.97 Å². The van der Waals surface area contributed by atoms with Gasteiger partial charge in [0.05, 0.1) is 12.2 Å². The van der Waals surface area contributed by atoms with Crippen LogP contribution in [0.3, 0.4) is 0 Å². The molecule has 0 radical (unpaired) electrons. The summed E-state index contributed by atoms with van der Waals surface area (Å²) in [6.07, 6.45) is 12.8. The monoisotopic (exact) mass is 358 g/mol. The molecular formula is C23H34O3. The second-order valence-electron chi connectivity index (χ2n) is 10.2. The zero-order chi connectivity index (χ0) is 18.1. The third-order valence-electron chi connectivity index (χ3n) is 9.38. The maximum atomic E-state index is 12.0. The number of ether oxygens (including phenoxy) is 1. The molecule has 1 unspecified atom stereocenters. The molecule has 0 aromatic heterocycles. The summed E-state index contributed by atoms with van der Waals surface area (Å²) in [5.41, 5.74) is 1.32. The number of fused-ring (bicyclic) bond motifs is 7. The van der Waals surface area contributed by atoms with E-state index in [2.05, 4.69) is 6.92 Å². The van der Waals surface area contributed by atoms with E-state index in [0.29, 0.717) is 12.5 Å². The lowest BCUT2D eigenvalue weighted by Crippen LogP contribution is -2.48. The summed E-state index contributed by atoms with van der Waals surface area (Å²) in [6, 6.07) is 0. The van der Waals surface area contributed by atoms with Gasteiger partial charge < -0.3 is 9.84 Å². The highest BCUT2D eigenvalue weighted by Gasteiger charge is 2.64. The van der Waals surface area contributed by atoms with Gasteiger partial charge in [0.2, 0.25) is 0 Å². The molecule has 26 heavy (non-hydrogen) atoms. The summed E-state index contributed by atoms with van der Waals surface area (Å²) in [4.78, 5) is 12.0. The first-order chi connectivity index (χ1) is 12.5. The molecule has 5 rings (SSSR count). The highest BCUT2D eigenvalue weighted by atomic mass is 16.5. The number of carbonyl (C=O) groups is 1. The number of allylic oxidation sites excluding steroid dienone is 1. The van der Waals surface area contributed by atoms with Crippen LogP contribution in [0.2, 0.25) is 0 Å². The van der Waals surface area contributed by atoms with Gasteiger partial charge in [-0.3, -0.25) is 0 Å². The zero-order valence-electron chi connectivity index (χ0n) is 16.4. The van der Waals surface area contributed by atoms with Crippen molar-refractivity contribution >= 4 is 5.97 Å². The van der Waals surface area contributed by atoms with Crippen LogP contribution in [-0.2, 0) is 9.53 Å². The van der Waals surface area contributed by atoms with Crippen LogP contribution in [0.1, 0.15) is 71.6 Å². The molecule has 0 aromatic rings. The van der Waals surface area contributed by atoms with Crippen molar-refractivity contribution in [2.45, 2.75) is 77.2 Å². The molecule has 0 bridgehead atoms. The Morgan fingerprint density at radius 3 is 2.50 bits per heavy atom. The molecule has 3 heteroatoms. The lowest BCUT2D eigenvalue weighted by atomic mass is 9.50. The molecule has 0 spiro atoms. The van der Waals surface area contributed by atoms with Crippen LogP contribution >= 0.6 is 0 Å². The van der Waals surface area contributed by atoms with Crippen molar-refractivity contribution in [2.24, 2.45) is 40.9 Å². The summed E-state index contributed by atoms with van der Waals surface area (Å²) < 4.78 is 5.19. The van der Waals surface area contributed by atoms with Crippen LogP contribution in [0, 0.1) is 40.9 Å². The van der Waals surface area contributed by atoms with Crippen molar-refractivity contribution in [3.63, 3.8) is 0 Å². The van der Waals surface area contributed by atoms with Gasteiger partial charge in [0.15, 0.2) is 0 Å². The Kier molecular flexibility index (Phi) is 3.88. The third-order valence-corrected chi connectivity index (χ3v) is 9.38. The average molecular weight is 359 g/mol. The van der Waals surface area contributed by atoms with Gasteiger partial charge in [-0.1, -0.05) is 12.5 Å². The van der Waals surface area contributed by atoms with E-state index < -0.39 is 0 Å². The molecule has 8 atom stereocenters. The number of carbonyl (C=O) groups excluding carboxylic acids is 1. The van der Waals surface area contributed by atoms with E-state index in [4.69, 9.17) is 4.74 Å². The molecule has 1 N–H and O–H groups in total. The molecule has 0 aromatic carbocycles. The first-order valence-electron chi connectivity index (χ1n) is 11.1. The summed E-state index contributed by atoms with van der Waals surface area (Å²) in [6.45, 7) is 4.77. The third kappa shape index (κ3) is 2.38. The van der Waals surface area contributed by atoms with E-state index in [9.17, 15) is 9.90 Å². The number of hydrogen-bond acceptors (Lipinski definition) is 3. The first-order valence-corrected chi connectivity index (χ1v) is 11.1. The van der Waals surface area contributed by atoms with Crippen LogP contribution in [0.4, 0.5) is 0 Å². The fraction of sp³-hybridized carbons (Fsp3) is 0.870. The van der Waals surface area contributed by atoms with Crippen LogP contribution < -0.4 is 0 Å². The predicted octanol–water partition coefficient (Wildman–Crippen LogP) is 4.49. The fourth-order valence-electron chi connectivity index (χ4n) is 8.09. The zero-order valence-corrected chi connectivity index (χ0v) is 16.4. The normalized spacial score (nSPS) is 53.3. The van der Waals surface area contributed by atoms with Crippen molar-refractivity contribution in [2.75, 3.05) is 6.61 Å². The Balaban J connectivity index is 1.36. The van der Waals surface area contributed by atoms with Gasteiger partial charge in [0.25, 0.3) is 0 Å². The molecule has 0 aliphatic heterocycles. The molecule has 3 nitrogen and oxygen atoms in total. The minimum atomic E-state index is -0.264. The van der Waals surface area contributed by atoms with Gasteiger partial charge in [-0.25, -0.2) is 4.79 Å².